The van der Waals surface area contributed by atoms with E-state index in [1.807, 2.05) is 13.8 Å². The second kappa shape index (κ2) is 22.2. The molecule has 0 fully saturated rings. The molecule has 0 saturated heterocycles. The molecular weight excluding hydrogens is 338 g/mol. The highest BCUT2D eigenvalue weighted by atomic mass is 14.7. The predicted octanol–water partition coefficient (Wildman–Crippen LogP) is 9.69. The molecule has 0 aromatic heterocycles. The summed E-state index contributed by atoms with van der Waals surface area (Å²) in [5.41, 5.74) is 5.60. The van der Waals surface area contributed by atoms with Crippen molar-refractivity contribution in [3.05, 3.63) is 29.7 Å². The molecule has 1 heteroatoms. The van der Waals surface area contributed by atoms with Crippen molar-refractivity contribution < 1.29 is 0 Å². The first kappa shape index (κ1) is 29.1. The van der Waals surface area contributed by atoms with Crippen molar-refractivity contribution in [2.24, 2.45) is 16.8 Å². The molecule has 0 radical (unpaired) electrons. The molecule has 0 rings (SSSR count). The fourth-order valence-corrected chi connectivity index (χ4v) is 3.59. The SMILES string of the molecule is C=C=C(N=C/C(=C\C)CCCC)C(CCC)CC(CCCC)CCCC.CC. The molecule has 0 spiro atoms. The van der Waals surface area contributed by atoms with Crippen LogP contribution in [-0.4, -0.2) is 6.21 Å². The van der Waals surface area contributed by atoms with E-state index >= 15 is 0 Å². The highest BCUT2D eigenvalue weighted by Gasteiger charge is 2.19. The van der Waals surface area contributed by atoms with Crippen molar-refractivity contribution in [1.29, 1.82) is 0 Å². The fourth-order valence-electron chi connectivity index (χ4n) is 3.59. The molecule has 0 saturated carbocycles. The number of allylic oxidation sites excluding steroid dienone is 3. The summed E-state index contributed by atoms with van der Waals surface area (Å²) in [4.78, 5) is 4.85. The zero-order valence-corrected chi connectivity index (χ0v) is 20.4. The highest BCUT2D eigenvalue weighted by Crippen LogP contribution is 2.31. The summed E-state index contributed by atoms with van der Waals surface area (Å²) in [6.07, 6.45) is 19.5. The number of nitrogens with zero attached hydrogens (tertiary/aromatic N) is 1. The molecule has 0 heterocycles. The average molecular weight is 390 g/mol. The van der Waals surface area contributed by atoms with Gasteiger partial charge in [-0.05, 0) is 44.1 Å². The smallest absolute Gasteiger partial charge is 0.0845 e. The molecule has 1 nitrogen and oxygen atoms in total. The molecule has 0 N–H and O–H groups in total. The molecule has 0 bridgehead atoms. The summed E-state index contributed by atoms with van der Waals surface area (Å²) < 4.78 is 0. The van der Waals surface area contributed by atoms with Gasteiger partial charge in [0, 0.05) is 12.1 Å². The van der Waals surface area contributed by atoms with Crippen LogP contribution in [0.25, 0.3) is 0 Å². The minimum Gasteiger partial charge on any atom is -0.252 e. The zero-order chi connectivity index (χ0) is 21.6. The Bertz CT molecular complexity index is 429. The van der Waals surface area contributed by atoms with Crippen molar-refractivity contribution in [2.75, 3.05) is 0 Å². The van der Waals surface area contributed by atoms with Gasteiger partial charge in [0.05, 0.1) is 5.70 Å². The number of hydrogen-bond acceptors (Lipinski definition) is 1. The normalized spacial score (nSPS) is 12.6. The van der Waals surface area contributed by atoms with Gasteiger partial charge in [0.15, 0.2) is 0 Å². The lowest BCUT2D eigenvalue weighted by molar-refractivity contribution is 0.332. The van der Waals surface area contributed by atoms with Gasteiger partial charge in [0.1, 0.15) is 0 Å². The lowest BCUT2D eigenvalue weighted by Gasteiger charge is -2.23. The zero-order valence-electron chi connectivity index (χ0n) is 20.4. The molecule has 0 aliphatic heterocycles. The Labute approximate surface area is 178 Å². The van der Waals surface area contributed by atoms with Gasteiger partial charge in [-0.2, -0.15) is 0 Å². The third-order valence-corrected chi connectivity index (χ3v) is 5.31. The summed E-state index contributed by atoms with van der Waals surface area (Å²) in [6.45, 7) is 19.2. The molecule has 1 atom stereocenters. The van der Waals surface area contributed by atoms with Gasteiger partial charge in [-0.25, -0.2) is 0 Å². The first-order valence-corrected chi connectivity index (χ1v) is 12.3. The Morgan fingerprint density at radius 3 is 1.89 bits per heavy atom. The molecule has 1 unspecified atom stereocenters. The van der Waals surface area contributed by atoms with Gasteiger partial charge in [0.25, 0.3) is 0 Å². The van der Waals surface area contributed by atoms with E-state index in [2.05, 4.69) is 59.2 Å². The minimum absolute atomic E-state index is 0.511. The van der Waals surface area contributed by atoms with Crippen LogP contribution in [-0.2, 0) is 0 Å². The third kappa shape index (κ3) is 14.9. The van der Waals surface area contributed by atoms with E-state index in [0.717, 1.165) is 18.0 Å². The Balaban J connectivity index is 0. The largest absolute Gasteiger partial charge is 0.252 e. The highest BCUT2D eigenvalue weighted by molar-refractivity contribution is 5.79. The quantitative estimate of drug-likeness (QED) is 0.184. The Hall–Kier alpha value is -1.07. The van der Waals surface area contributed by atoms with E-state index in [4.69, 9.17) is 4.99 Å². The second-order valence-corrected chi connectivity index (χ2v) is 7.66. The van der Waals surface area contributed by atoms with Crippen molar-refractivity contribution in [1.82, 2.24) is 0 Å². The number of unbranched alkanes of at least 4 members (excludes halogenated alkanes) is 3. The Kier molecular flexibility index (Phi) is 23.1. The first-order chi connectivity index (χ1) is 13.7. The number of hydrogen-bond donors (Lipinski definition) is 0. The molecule has 0 aromatic carbocycles. The molecule has 0 amide bonds. The van der Waals surface area contributed by atoms with Gasteiger partial charge >= 0.3 is 0 Å². The molecule has 28 heavy (non-hydrogen) atoms. The molecule has 0 aromatic rings. The van der Waals surface area contributed by atoms with E-state index < -0.39 is 0 Å². The van der Waals surface area contributed by atoms with Gasteiger partial charge in [0.2, 0.25) is 0 Å². The minimum atomic E-state index is 0.511. The van der Waals surface area contributed by atoms with Crippen LogP contribution < -0.4 is 0 Å². The number of rotatable bonds is 16. The third-order valence-electron chi connectivity index (χ3n) is 5.31. The van der Waals surface area contributed by atoms with Gasteiger partial charge in [-0.15, -0.1) is 5.73 Å². The van der Waals surface area contributed by atoms with Gasteiger partial charge in [-0.3, -0.25) is 4.99 Å². The average Bonchev–Trinajstić information content (AvgIpc) is 2.73. The monoisotopic (exact) mass is 389 g/mol. The van der Waals surface area contributed by atoms with E-state index in [1.54, 1.807) is 0 Å². The van der Waals surface area contributed by atoms with Crippen LogP contribution in [0.2, 0.25) is 0 Å². The maximum atomic E-state index is 4.85. The van der Waals surface area contributed by atoms with E-state index in [1.165, 1.54) is 76.2 Å². The molecule has 164 valence electrons. The number of aliphatic imine (C=N–C) groups is 1. The maximum Gasteiger partial charge on any atom is 0.0845 e. The molecule has 0 aliphatic rings. The van der Waals surface area contributed by atoms with E-state index in [9.17, 15) is 0 Å². The Morgan fingerprint density at radius 1 is 0.893 bits per heavy atom. The van der Waals surface area contributed by atoms with Crippen molar-refractivity contribution >= 4 is 6.21 Å². The predicted molar refractivity (Wildman–Crippen MR) is 131 cm³/mol. The van der Waals surface area contributed by atoms with Crippen molar-refractivity contribution in [2.45, 2.75) is 126 Å². The summed E-state index contributed by atoms with van der Waals surface area (Å²) in [7, 11) is 0. The summed E-state index contributed by atoms with van der Waals surface area (Å²) in [5, 5.41) is 0. The second-order valence-electron chi connectivity index (χ2n) is 7.66. The van der Waals surface area contributed by atoms with Crippen molar-refractivity contribution in [3.8, 4) is 0 Å². The molecular formula is C27H51N. The van der Waals surface area contributed by atoms with Gasteiger partial charge in [-0.1, -0.05) is 106 Å². The van der Waals surface area contributed by atoms with E-state index in [-0.39, 0.29) is 0 Å². The van der Waals surface area contributed by atoms with Crippen LogP contribution in [0.3, 0.4) is 0 Å². The summed E-state index contributed by atoms with van der Waals surface area (Å²) >= 11 is 0. The van der Waals surface area contributed by atoms with Crippen LogP contribution in [0.5, 0.6) is 0 Å². The van der Waals surface area contributed by atoms with Crippen LogP contribution >= 0.6 is 0 Å². The molecule has 0 aliphatic carbocycles. The van der Waals surface area contributed by atoms with E-state index in [0.29, 0.717) is 5.92 Å². The van der Waals surface area contributed by atoms with Crippen LogP contribution in [0.1, 0.15) is 126 Å². The lowest BCUT2D eigenvalue weighted by atomic mass is 9.83. The lowest BCUT2D eigenvalue weighted by Crippen LogP contribution is -2.11. The first-order valence-electron chi connectivity index (χ1n) is 12.3. The topological polar surface area (TPSA) is 12.4 Å². The standard InChI is InChI=1S/C25H45N.C2H6/c1-7-13-17-22(11-5)21-26-25(12-6)24(16-10-4)20-23(18-14-8-2)19-15-9-3;1-2/h11,21,23-24H,6-10,13-20H2,1-5H3;1-2H3/b22-11-,26-21?;. The Morgan fingerprint density at radius 2 is 1.46 bits per heavy atom. The summed E-state index contributed by atoms with van der Waals surface area (Å²) in [5.74, 6) is 1.34. The maximum absolute atomic E-state index is 4.85. The van der Waals surface area contributed by atoms with Crippen molar-refractivity contribution in [3.63, 3.8) is 0 Å². The van der Waals surface area contributed by atoms with Crippen LogP contribution in [0.4, 0.5) is 0 Å². The van der Waals surface area contributed by atoms with Crippen LogP contribution in [0, 0.1) is 11.8 Å². The van der Waals surface area contributed by atoms with Gasteiger partial charge < -0.3 is 0 Å². The van der Waals surface area contributed by atoms with Crippen LogP contribution in [0.15, 0.2) is 34.6 Å². The fraction of sp³-hybridized carbons (Fsp3) is 0.778. The summed E-state index contributed by atoms with van der Waals surface area (Å²) in [6, 6.07) is 0.